The third-order valence-corrected chi connectivity index (χ3v) is 5.68. The number of allylic oxidation sites excluding steroid dienone is 2. The lowest BCUT2D eigenvalue weighted by Gasteiger charge is -2.38. The lowest BCUT2D eigenvalue weighted by Crippen LogP contribution is -2.29. The summed E-state index contributed by atoms with van der Waals surface area (Å²) in [5.41, 5.74) is 3.72. The average molecular weight is 401 g/mol. The zero-order valence-electron chi connectivity index (χ0n) is 13.6. The first kappa shape index (κ1) is 16.1. The summed E-state index contributed by atoms with van der Waals surface area (Å²) in [5.74, 6) is 0.585. The molecule has 0 bridgehead atoms. The zero-order valence-corrected chi connectivity index (χ0v) is 15.2. The van der Waals surface area contributed by atoms with E-state index in [2.05, 4.69) is 33.4 Å². The summed E-state index contributed by atoms with van der Waals surface area (Å²) < 4.78 is 0.913. The van der Waals surface area contributed by atoms with E-state index < -0.39 is 0 Å². The Bertz CT molecular complexity index is 910. The van der Waals surface area contributed by atoms with E-state index in [0.29, 0.717) is 0 Å². The highest BCUT2D eigenvalue weighted by Gasteiger charge is 2.40. The van der Waals surface area contributed by atoms with Gasteiger partial charge in [0.05, 0.1) is 11.0 Å². The van der Waals surface area contributed by atoms with Crippen molar-refractivity contribution < 1.29 is 10.0 Å². The van der Waals surface area contributed by atoms with Gasteiger partial charge in [0, 0.05) is 33.8 Å². The van der Waals surface area contributed by atoms with Gasteiger partial charge in [-0.3, -0.25) is 10.1 Å². The molecule has 2 N–H and O–H groups in total. The maximum atomic E-state index is 11.2. The van der Waals surface area contributed by atoms with Gasteiger partial charge in [-0.1, -0.05) is 28.1 Å². The van der Waals surface area contributed by atoms with E-state index in [1.54, 1.807) is 18.2 Å². The molecule has 0 saturated carbocycles. The number of fused-ring (bicyclic) bond motifs is 3. The molecule has 0 radical (unpaired) electrons. The Hall–Kier alpha value is -2.34. The van der Waals surface area contributed by atoms with Crippen molar-refractivity contribution in [2.24, 2.45) is 5.92 Å². The van der Waals surface area contributed by atoms with E-state index in [1.807, 2.05) is 19.1 Å². The van der Waals surface area contributed by atoms with Gasteiger partial charge in [0.15, 0.2) is 0 Å². The van der Waals surface area contributed by atoms with E-state index in [1.165, 1.54) is 0 Å². The Morgan fingerprint density at radius 2 is 2.08 bits per heavy atom. The third kappa shape index (κ3) is 2.61. The number of non-ortho nitro benzene ring substituents is 1. The number of aryl methyl sites for hydroxylation is 1. The molecule has 2 aromatic rings. The summed E-state index contributed by atoms with van der Waals surface area (Å²) in [4.78, 5) is 10.9. The summed E-state index contributed by atoms with van der Waals surface area (Å²) in [6, 6.07) is 8.67. The molecule has 1 heterocycles. The maximum Gasteiger partial charge on any atom is 0.270 e. The molecule has 0 spiro atoms. The molecule has 0 fully saturated rings. The first-order valence-corrected chi connectivity index (χ1v) is 8.95. The van der Waals surface area contributed by atoms with Crippen LogP contribution in [0.4, 0.5) is 11.4 Å². The normalized spacial score (nSPS) is 23.7. The van der Waals surface area contributed by atoms with Gasteiger partial charge in [-0.25, -0.2) is 0 Å². The van der Waals surface area contributed by atoms with Gasteiger partial charge in [0.1, 0.15) is 5.75 Å². The lowest BCUT2D eigenvalue weighted by atomic mass is 9.76. The Labute approximate surface area is 153 Å². The number of nitrogens with one attached hydrogen (secondary N) is 1. The van der Waals surface area contributed by atoms with E-state index >= 15 is 0 Å². The van der Waals surface area contributed by atoms with Gasteiger partial charge < -0.3 is 10.4 Å². The first-order chi connectivity index (χ1) is 12.0. The molecule has 6 heteroatoms. The molecule has 2 aromatic carbocycles. The standard InChI is InChI=1S/C19H17BrN2O3/c1-10-7-12(22(24)25)9-15-13-3-2-4-14(13)19(21-18(10)15)16-8-11(20)5-6-17(16)23/h2-3,5-9,13-14,19,21,23H,4H2,1H3. The molecule has 128 valence electrons. The second-order valence-corrected chi connectivity index (χ2v) is 7.58. The predicted octanol–water partition coefficient (Wildman–Crippen LogP) is 5.20. The van der Waals surface area contributed by atoms with Crippen molar-refractivity contribution >= 4 is 27.3 Å². The number of phenolic OH excluding ortho intramolecular Hbond substituents is 1. The van der Waals surface area contributed by atoms with Crippen LogP contribution in [0, 0.1) is 23.0 Å². The largest absolute Gasteiger partial charge is 0.508 e. The van der Waals surface area contributed by atoms with Crippen LogP contribution in [-0.2, 0) is 0 Å². The Morgan fingerprint density at radius 3 is 2.84 bits per heavy atom. The molecular formula is C19H17BrN2O3. The van der Waals surface area contributed by atoms with Gasteiger partial charge in [-0.15, -0.1) is 0 Å². The minimum absolute atomic E-state index is 0.0508. The smallest absolute Gasteiger partial charge is 0.270 e. The molecule has 25 heavy (non-hydrogen) atoms. The molecule has 3 unspecified atom stereocenters. The summed E-state index contributed by atoms with van der Waals surface area (Å²) in [6.45, 7) is 1.88. The SMILES string of the molecule is Cc1cc([N+](=O)[O-])cc2c1NC(c1cc(Br)ccc1O)C1CC=CC21. The monoisotopic (exact) mass is 400 g/mol. The van der Waals surface area contributed by atoms with Gasteiger partial charge in [-0.05, 0) is 48.6 Å². The number of phenols is 1. The van der Waals surface area contributed by atoms with Crippen LogP contribution in [0.25, 0.3) is 0 Å². The van der Waals surface area contributed by atoms with Crippen molar-refractivity contribution in [2.45, 2.75) is 25.3 Å². The summed E-state index contributed by atoms with van der Waals surface area (Å²) in [6.07, 6.45) is 5.13. The topological polar surface area (TPSA) is 75.4 Å². The van der Waals surface area contributed by atoms with Crippen LogP contribution in [-0.4, -0.2) is 10.0 Å². The fourth-order valence-electron chi connectivity index (χ4n) is 4.06. The number of anilines is 1. The number of benzene rings is 2. The molecule has 2 aliphatic rings. The second kappa shape index (κ2) is 5.88. The molecule has 0 amide bonds. The molecular weight excluding hydrogens is 384 g/mol. The van der Waals surface area contributed by atoms with Crippen molar-refractivity contribution in [1.29, 1.82) is 0 Å². The van der Waals surface area contributed by atoms with Gasteiger partial charge in [-0.2, -0.15) is 0 Å². The van der Waals surface area contributed by atoms with Crippen LogP contribution < -0.4 is 5.32 Å². The molecule has 0 aromatic heterocycles. The second-order valence-electron chi connectivity index (χ2n) is 6.66. The number of nitro benzene ring substituents is 1. The summed E-state index contributed by atoms with van der Waals surface area (Å²) in [5, 5.41) is 25.1. The highest BCUT2D eigenvalue weighted by Crippen LogP contribution is 2.52. The van der Waals surface area contributed by atoms with Crippen molar-refractivity contribution in [3.8, 4) is 5.75 Å². The molecule has 0 saturated heterocycles. The minimum Gasteiger partial charge on any atom is -0.508 e. The van der Waals surface area contributed by atoms with E-state index in [9.17, 15) is 15.2 Å². The number of halogens is 1. The quantitative estimate of drug-likeness (QED) is 0.412. The molecule has 4 rings (SSSR count). The number of nitro groups is 1. The number of hydrogen-bond acceptors (Lipinski definition) is 4. The first-order valence-electron chi connectivity index (χ1n) is 8.16. The van der Waals surface area contributed by atoms with Crippen molar-refractivity contribution in [2.75, 3.05) is 5.32 Å². The van der Waals surface area contributed by atoms with Crippen LogP contribution in [0.3, 0.4) is 0 Å². The highest BCUT2D eigenvalue weighted by molar-refractivity contribution is 9.10. The summed E-state index contributed by atoms with van der Waals surface area (Å²) >= 11 is 3.48. The van der Waals surface area contributed by atoms with Gasteiger partial charge >= 0.3 is 0 Å². The fourth-order valence-corrected chi connectivity index (χ4v) is 4.43. The van der Waals surface area contributed by atoms with Crippen LogP contribution in [0.15, 0.2) is 47.0 Å². The Balaban J connectivity index is 1.86. The van der Waals surface area contributed by atoms with E-state index in [0.717, 1.165) is 33.3 Å². The van der Waals surface area contributed by atoms with Crippen molar-refractivity contribution in [3.05, 3.63) is 73.8 Å². The van der Waals surface area contributed by atoms with Gasteiger partial charge in [0.2, 0.25) is 0 Å². The van der Waals surface area contributed by atoms with Crippen LogP contribution >= 0.6 is 15.9 Å². The zero-order chi connectivity index (χ0) is 17.7. The molecule has 1 aliphatic carbocycles. The minimum atomic E-state index is -0.340. The summed E-state index contributed by atoms with van der Waals surface area (Å²) in [7, 11) is 0. The Kier molecular flexibility index (Phi) is 3.80. The van der Waals surface area contributed by atoms with E-state index in [-0.39, 0.29) is 34.2 Å². The number of aromatic hydroxyl groups is 1. The Morgan fingerprint density at radius 1 is 1.28 bits per heavy atom. The highest BCUT2D eigenvalue weighted by atomic mass is 79.9. The number of rotatable bonds is 2. The average Bonchev–Trinajstić information content (AvgIpc) is 3.06. The fraction of sp³-hybridized carbons (Fsp3) is 0.263. The van der Waals surface area contributed by atoms with Crippen molar-refractivity contribution in [3.63, 3.8) is 0 Å². The molecule has 1 aliphatic heterocycles. The lowest BCUT2D eigenvalue weighted by molar-refractivity contribution is -0.385. The van der Waals surface area contributed by atoms with Crippen LogP contribution in [0.2, 0.25) is 0 Å². The number of nitrogens with zero attached hydrogens (tertiary/aromatic N) is 1. The maximum absolute atomic E-state index is 11.2. The van der Waals surface area contributed by atoms with Gasteiger partial charge in [0.25, 0.3) is 5.69 Å². The predicted molar refractivity (Wildman–Crippen MR) is 100.0 cm³/mol. The van der Waals surface area contributed by atoms with Crippen molar-refractivity contribution in [1.82, 2.24) is 0 Å². The molecule has 5 nitrogen and oxygen atoms in total. The number of hydrogen-bond donors (Lipinski definition) is 2. The molecule has 3 atom stereocenters. The van der Waals surface area contributed by atoms with Crippen LogP contribution in [0.5, 0.6) is 5.75 Å². The van der Waals surface area contributed by atoms with E-state index in [4.69, 9.17) is 0 Å². The third-order valence-electron chi connectivity index (χ3n) is 5.19. The van der Waals surface area contributed by atoms with Crippen LogP contribution in [0.1, 0.15) is 35.1 Å².